The van der Waals surface area contributed by atoms with Gasteiger partial charge in [0, 0.05) is 5.56 Å². The molecule has 2 aromatic heterocycles. The minimum absolute atomic E-state index is 0.272. The van der Waals surface area contributed by atoms with E-state index in [2.05, 4.69) is 25.6 Å². The standard InChI is InChI=1S/C10H7N5O/c16-10-9-8(12-15-13-9)7(11-14-10)6-4-2-1-3-5-6/h1-5H,(H,14,16)(H,12,13,15). The quantitative estimate of drug-likeness (QED) is 0.623. The van der Waals surface area contributed by atoms with Gasteiger partial charge in [0.15, 0.2) is 5.52 Å². The van der Waals surface area contributed by atoms with Crippen molar-refractivity contribution in [2.75, 3.05) is 0 Å². The average Bonchev–Trinajstić information content (AvgIpc) is 2.81. The fourth-order valence-electron chi connectivity index (χ4n) is 1.56. The second-order valence-corrected chi connectivity index (χ2v) is 3.29. The largest absolute Gasteiger partial charge is 0.294 e. The van der Waals surface area contributed by atoms with Crippen LogP contribution >= 0.6 is 0 Å². The molecule has 2 heterocycles. The van der Waals surface area contributed by atoms with Gasteiger partial charge >= 0.3 is 0 Å². The van der Waals surface area contributed by atoms with Crippen molar-refractivity contribution in [3.63, 3.8) is 0 Å². The Labute approximate surface area is 89.3 Å². The molecule has 3 aromatic rings. The fourth-order valence-corrected chi connectivity index (χ4v) is 1.56. The lowest BCUT2D eigenvalue weighted by Gasteiger charge is -1.98. The molecule has 0 unspecified atom stereocenters. The molecule has 0 fully saturated rings. The van der Waals surface area contributed by atoms with Crippen LogP contribution in [-0.2, 0) is 0 Å². The summed E-state index contributed by atoms with van der Waals surface area (Å²) in [4.78, 5) is 11.4. The lowest BCUT2D eigenvalue weighted by molar-refractivity contribution is 0.957. The van der Waals surface area contributed by atoms with Crippen LogP contribution in [0, 0.1) is 0 Å². The van der Waals surface area contributed by atoms with Crippen molar-refractivity contribution in [1.29, 1.82) is 0 Å². The molecule has 1 aromatic carbocycles. The van der Waals surface area contributed by atoms with E-state index in [4.69, 9.17) is 0 Å². The molecule has 0 spiro atoms. The highest BCUT2D eigenvalue weighted by Crippen LogP contribution is 2.20. The molecule has 6 nitrogen and oxygen atoms in total. The molecule has 6 heteroatoms. The van der Waals surface area contributed by atoms with E-state index in [0.29, 0.717) is 11.2 Å². The number of fused-ring (bicyclic) bond motifs is 1. The van der Waals surface area contributed by atoms with Gasteiger partial charge in [-0.05, 0) is 0 Å². The molecule has 0 amide bonds. The Bertz CT molecular complexity index is 685. The van der Waals surface area contributed by atoms with Gasteiger partial charge in [-0.15, -0.1) is 0 Å². The van der Waals surface area contributed by atoms with Gasteiger partial charge in [-0.1, -0.05) is 30.3 Å². The number of aromatic nitrogens is 5. The highest BCUT2D eigenvalue weighted by molar-refractivity contribution is 5.87. The van der Waals surface area contributed by atoms with Gasteiger partial charge < -0.3 is 0 Å². The molecule has 0 radical (unpaired) electrons. The topological polar surface area (TPSA) is 87.3 Å². The Balaban J connectivity index is 2.37. The number of aromatic amines is 2. The van der Waals surface area contributed by atoms with E-state index in [0.717, 1.165) is 5.56 Å². The van der Waals surface area contributed by atoms with Crippen LogP contribution < -0.4 is 5.56 Å². The Morgan fingerprint density at radius 2 is 1.69 bits per heavy atom. The van der Waals surface area contributed by atoms with E-state index in [1.807, 2.05) is 30.3 Å². The molecular weight excluding hydrogens is 206 g/mol. The summed E-state index contributed by atoms with van der Waals surface area (Å²) >= 11 is 0. The maximum absolute atomic E-state index is 11.4. The molecule has 0 atom stereocenters. The van der Waals surface area contributed by atoms with Crippen molar-refractivity contribution in [2.45, 2.75) is 0 Å². The number of nitrogens with zero attached hydrogens (tertiary/aromatic N) is 3. The summed E-state index contributed by atoms with van der Waals surface area (Å²) in [5, 5.41) is 16.5. The maximum atomic E-state index is 11.4. The molecule has 0 saturated heterocycles. The molecule has 0 aliphatic heterocycles. The van der Waals surface area contributed by atoms with Gasteiger partial charge in [0.1, 0.15) is 11.2 Å². The third kappa shape index (κ3) is 1.20. The maximum Gasteiger partial charge on any atom is 0.294 e. The number of hydrogen-bond donors (Lipinski definition) is 2. The molecule has 16 heavy (non-hydrogen) atoms. The van der Waals surface area contributed by atoms with Gasteiger partial charge in [0.25, 0.3) is 5.56 Å². The predicted octanol–water partition coefficient (Wildman–Crippen LogP) is 0.708. The summed E-state index contributed by atoms with van der Waals surface area (Å²) < 4.78 is 0. The number of rotatable bonds is 1. The van der Waals surface area contributed by atoms with Crippen LogP contribution in [0.4, 0.5) is 0 Å². The minimum atomic E-state index is -0.344. The average molecular weight is 213 g/mol. The molecule has 0 bridgehead atoms. The predicted molar refractivity (Wildman–Crippen MR) is 57.7 cm³/mol. The summed E-state index contributed by atoms with van der Waals surface area (Å²) in [6.07, 6.45) is 0. The lowest BCUT2D eigenvalue weighted by Crippen LogP contribution is -2.09. The van der Waals surface area contributed by atoms with E-state index in [1.165, 1.54) is 0 Å². The first-order chi connectivity index (χ1) is 7.86. The van der Waals surface area contributed by atoms with E-state index >= 15 is 0 Å². The SMILES string of the molecule is O=c1[nH]nc(-c2ccccc2)c2n[nH]nc12. The summed E-state index contributed by atoms with van der Waals surface area (Å²) in [5.74, 6) is 0. The summed E-state index contributed by atoms with van der Waals surface area (Å²) in [6.45, 7) is 0. The zero-order valence-electron chi connectivity index (χ0n) is 8.14. The zero-order valence-corrected chi connectivity index (χ0v) is 8.14. The number of benzene rings is 1. The Hall–Kier alpha value is -2.50. The molecule has 0 aliphatic carbocycles. The fraction of sp³-hybridized carbons (Fsp3) is 0. The highest BCUT2D eigenvalue weighted by Gasteiger charge is 2.11. The second-order valence-electron chi connectivity index (χ2n) is 3.29. The first-order valence-corrected chi connectivity index (χ1v) is 4.71. The van der Waals surface area contributed by atoms with Gasteiger partial charge in [0.05, 0.1) is 0 Å². The van der Waals surface area contributed by atoms with Gasteiger partial charge in [0.2, 0.25) is 0 Å². The molecular formula is C10H7N5O. The van der Waals surface area contributed by atoms with Crippen LogP contribution in [0.25, 0.3) is 22.3 Å². The van der Waals surface area contributed by atoms with Crippen LogP contribution in [-0.4, -0.2) is 25.6 Å². The van der Waals surface area contributed by atoms with Crippen LogP contribution in [0.15, 0.2) is 35.1 Å². The molecule has 0 aliphatic rings. The monoisotopic (exact) mass is 213 g/mol. The van der Waals surface area contributed by atoms with Crippen molar-refractivity contribution in [2.24, 2.45) is 0 Å². The lowest BCUT2D eigenvalue weighted by atomic mass is 10.1. The normalized spacial score (nSPS) is 10.8. The Morgan fingerprint density at radius 1 is 0.938 bits per heavy atom. The van der Waals surface area contributed by atoms with E-state index in [9.17, 15) is 4.79 Å². The Morgan fingerprint density at radius 3 is 2.50 bits per heavy atom. The molecule has 0 saturated carbocycles. The van der Waals surface area contributed by atoms with Crippen LogP contribution in [0.1, 0.15) is 0 Å². The van der Waals surface area contributed by atoms with E-state index in [-0.39, 0.29) is 11.1 Å². The molecule has 2 N–H and O–H groups in total. The van der Waals surface area contributed by atoms with Crippen LogP contribution in [0.3, 0.4) is 0 Å². The first-order valence-electron chi connectivity index (χ1n) is 4.71. The first kappa shape index (κ1) is 8.78. The van der Waals surface area contributed by atoms with Crippen molar-refractivity contribution >= 4 is 11.0 Å². The van der Waals surface area contributed by atoms with Crippen molar-refractivity contribution < 1.29 is 0 Å². The summed E-state index contributed by atoms with van der Waals surface area (Å²) in [7, 11) is 0. The highest BCUT2D eigenvalue weighted by atomic mass is 16.1. The summed E-state index contributed by atoms with van der Waals surface area (Å²) in [5.41, 5.74) is 1.91. The zero-order chi connectivity index (χ0) is 11.0. The van der Waals surface area contributed by atoms with Crippen molar-refractivity contribution in [3.8, 4) is 11.3 Å². The van der Waals surface area contributed by atoms with Gasteiger partial charge in [-0.2, -0.15) is 20.5 Å². The number of hydrogen-bond acceptors (Lipinski definition) is 4. The molecule has 3 rings (SSSR count). The second kappa shape index (κ2) is 3.27. The van der Waals surface area contributed by atoms with E-state index in [1.54, 1.807) is 0 Å². The van der Waals surface area contributed by atoms with Gasteiger partial charge in [-0.25, -0.2) is 5.10 Å². The number of nitrogens with one attached hydrogen (secondary N) is 2. The van der Waals surface area contributed by atoms with Gasteiger partial charge in [-0.3, -0.25) is 4.79 Å². The summed E-state index contributed by atoms with van der Waals surface area (Å²) in [6, 6.07) is 9.50. The van der Waals surface area contributed by atoms with Crippen molar-refractivity contribution in [1.82, 2.24) is 25.6 Å². The minimum Gasteiger partial charge on any atom is -0.265 e. The van der Waals surface area contributed by atoms with Crippen LogP contribution in [0.2, 0.25) is 0 Å². The van der Waals surface area contributed by atoms with Crippen LogP contribution in [0.5, 0.6) is 0 Å². The third-order valence-corrected chi connectivity index (χ3v) is 2.30. The van der Waals surface area contributed by atoms with Crippen molar-refractivity contribution in [3.05, 3.63) is 40.7 Å². The van der Waals surface area contributed by atoms with E-state index < -0.39 is 0 Å². The smallest absolute Gasteiger partial charge is 0.265 e. The molecule has 78 valence electrons. The third-order valence-electron chi connectivity index (χ3n) is 2.30. The number of H-pyrrole nitrogens is 2. The Kier molecular flexibility index (Phi) is 1.79.